The van der Waals surface area contributed by atoms with Gasteiger partial charge in [-0.15, -0.1) is 0 Å². The van der Waals surface area contributed by atoms with Crippen LogP contribution < -0.4 is 14.4 Å². The molecule has 0 saturated carbocycles. The Hall–Kier alpha value is -2.58. The van der Waals surface area contributed by atoms with E-state index in [1.54, 1.807) is 42.5 Å². The lowest BCUT2D eigenvalue weighted by atomic mass is 10.1. The van der Waals surface area contributed by atoms with Crippen LogP contribution in [-0.2, 0) is 14.8 Å². The number of para-hydroxylation sites is 1. The van der Waals surface area contributed by atoms with E-state index in [2.05, 4.69) is 5.32 Å². The Morgan fingerprint density at radius 2 is 1.93 bits per heavy atom. The molecule has 2 aromatic carbocycles. The van der Waals surface area contributed by atoms with Crippen molar-refractivity contribution in [3.05, 3.63) is 54.1 Å². The van der Waals surface area contributed by atoms with Crippen molar-refractivity contribution in [2.45, 2.75) is 25.4 Å². The van der Waals surface area contributed by atoms with Gasteiger partial charge in [0.25, 0.3) is 5.91 Å². The number of carbonyl (C=O) groups excluding carboxylic acids is 1. The highest BCUT2D eigenvalue weighted by atomic mass is 32.2. The van der Waals surface area contributed by atoms with E-state index in [0.717, 1.165) is 19.4 Å². The average Bonchev–Trinajstić information content (AvgIpc) is 3.36. The molecule has 29 heavy (non-hydrogen) atoms. The third kappa shape index (κ3) is 4.54. The molecule has 2 saturated heterocycles. The van der Waals surface area contributed by atoms with Crippen LogP contribution in [0.4, 0.5) is 11.4 Å². The fourth-order valence-corrected chi connectivity index (χ4v) is 5.14. The van der Waals surface area contributed by atoms with Crippen molar-refractivity contribution < 1.29 is 22.7 Å². The minimum atomic E-state index is -3.22. The van der Waals surface area contributed by atoms with Gasteiger partial charge in [0.1, 0.15) is 12.4 Å². The average molecular weight is 416 g/mol. The molecule has 2 heterocycles. The molecule has 0 radical (unpaired) electrons. The van der Waals surface area contributed by atoms with Crippen LogP contribution in [0.25, 0.3) is 0 Å². The highest BCUT2D eigenvalue weighted by Crippen LogP contribution is 2.26. The summed E-state index contributed by atoms with van der Waals surface area (Å²) in [5, 5.41) is 2.85. The lowest BCUT2D eigenvalue weighted by Crippen LogP contribution is -2.25. The molecule has 2 fully saturated rings. The van der Waals surface area contributed by atoms with Gasteiger partial charge in [0.15, 0.2) is 0 Å². The second-order valence-corrected chi connectivity index (χ2v) is 9.20. The van der Waals surface area contributed by atoms with Crippen LogP contribution >= 0.6 is 0 Å². The van der Waals surface area contributed by atoms with Gasteiger partial charge in [0.05, 0.1) is 23.1 Å². The Balaban J connectivity index is 1.43. The smallest absolute Gasteiger partial charge is 0.259 e. The lowest BCUT2D eigenvalue weighted by Gasteiger charge is -2.17. The van der Waals surface area contributed by atoms with Gasteiger partial charge in [-0.05, 0) is 55.7 Å². The van der Waals surface area contributed by atoms with Gasteiger partial charge in [0.2, 0.25) is 10.0 Å². The molecule has 4 rings (SSSR count). The number of ether oxygens (including phenoxy) is 2. The maximum absolute atomic E-state index is 12.7. The molecule has 7 nitrogen and oxygen atoms in total. The van der Waals surface area contributed by atoms with Crippen molar-refractivity contribution in [1.29, 1.82) is 0 Å². The SMILES string of the molecule is O=C(Nc1ccc(N2CCCS2(=O)=O)cc1)c1ccccc1OCC1CCCO1. The molecule has 0 spiro atoms. The highest BCUT2D eigenvalue weighted by Gasteiger charge is 2.28. The first-order valence-corrected chi connectivity index (χ1v) is 11.4. The van der Waals surface area contributed by atoms with E-state index in [-0.39, 0.29) is 17.8 Å². The number of benzene rings is 2. The van der Waals surface area contributed by atoms with Crippen LogP contribution in [0, 0.1) is 0 Å². The Labute approximate surface area is 170 Å². The summed E-state index contributed by atoms with van der Waals surface area (Å²) in [4.78, 5) is 12.7. The molecule has 1 unspecified atom stereocenters. The first-order valence-electron chi connectivity index (χ1n) is 9.78. The highest BCUT2D eigenvalue weighted by molar-refractivity contribution is 7.93. The van der Waals surface area contributed by atoms with Crippen LogP contribution in [0.5, 0.6) is 5.75 Å². The van der Waals surface area contributed by atoms with Crippen LogP contribution in [0.3, 0.4) is 0 Å². The largest absolute Gasteiger partial charge is 0.490 e. The molecular weight excluding hydrogens is 392 g/mol. The van der Waals surface area contributed by atoms with Gasteiger partial charge in [-0.25, -0.2) is 8.42 Å². The first kappa shape index (κ1) is 19.7. The summed E-state index contributed by atoms with van der Waals surface area (Å²) in [7, 11) is -3.22. The predicted octanol–water partition coefficient (Wildman–Crippen LogP) is 3.04. The van der Waals surface area contributed by atoms with Crippen LogP contribution in [0.1, 0.15) is 29.6 Å². The van der Waals surface area contributed by atoms with E-state index in [1.807, 2.05) is 6.07 Å². The normalized spacial score (nSPS) is 20.6. The van der Waals surface area contributed by atoms with Gasteiger partial charge in [0, 0.05) is 18.8 Å². The number of nitrogens with zero attached hydrogens (tertiary/aromatic N) is 1. The summed E-state index contributed by atoms with van der Waals surface area (Å²) in [6, 6.07) is 13.9. The van der Waals surface area contributed by atoms with E-state index >= 15 is 0 Å². The maximum atomic E-state index is 12.7. The predicted molar refractivity (Wildman–Crippen MR) is 111 cm³/mol. The zero-order valence-corrected chi connectivity index (χ0v) is 16.9. The molecular formula is C21H24N2O5S. The summed E-state index contributed by atoms with van der Waals surface area (Å²) in [5.41, 5.74) is 1.64. The van der Waals surface area contributed by atoms with Crippen molar-refractivity contribution in [2.75, 3.05) is 35.1 Å². The monoisotopic (exact) mass is 416 g/mol. The summed E-state index contributed by atoms with van der Waals surface area (Å²) in [6.45, 7) is 1.66. The van der Waals surface area contributed by atoms with Crippen molar-refractivity contribution in [1.82, 2.24) is 0 Å². The molecule has 8 heteroatoms. The maximum Gasteiger partial charge on any atom is 0.259 e. The number of hydrogen-bond acceptors (Lipinski definition) is 5. The Morgan fingerprint density at radius 3 is 2.62 bits per heavy atom. The number of sulfonamides is 1. The fourth-order valence-electron chi connectivity index (χ4n) is 3.58. The fraction of sp³-hybridized carbons (Fsp3) is 0.381. The van der Waals surface area contributed by atoms with Gasteiger partial charge in [-0.3, -0.25) is 9.10 Å². The molecule has 0 aromatic heterocycles. The van der Waals surface area contributed by atoms with Gasteiger partial charge >= 0.3 is 0 Å². The number of anilines is 2. The summed E-state index contributed by atoms with van der Waals surface area (Å²) in [5.74, 6) is 0.406. The number of rotatable bonds is 6. The Morgan fingerprint density at radius 1 is 1.14 bits per heavy atom. The third-order valence-electron chi connectivity index (χ3n) is 5.09. The topological polar surface area (TPSA) is 84.9 Å². The van der Waals surface area contributed by atoms with E-state index in [9.17, 15) is 13.2 Å². The van der Waals surface area contributed by atoms with Crippen molar-refractivity contribution in [3.63, 3.8) is 0 Å². The molecule has 2 aromatic rings. The minimum absolute atomic E-state index is 0.0699. The molecule has 1 N–H and O–H groups in total. The van der Waals surface area contributed by atoms with Crippen LogP contribution in [0.2, 0.25) is 0 Å². The first-order chi connectivity index (χ1) is 14.0. The molecule has 0 bridgehead atoms. The summed E-state index contributed by atoms with van der Waals surface area (Å²) >= 11 is 0. The van der Waals surface area contributed by atoms with Crippen molar-refractivity contribution >= 4 is 27.3 Å². The Bertz CT molecular complexity index is 969. The zero-order valence-electron chi connectivity index (χ0n) is 16.0. The molecule has 1 atom stereocenters. The molecule has 2 aliphatic rings. The number of nitrogens with one attached hydrogen (secondary N) is 1. The second kappa shape index (κ2) is 8.42. The van der Waals surface area contributed by atoms with E-state index < -0.39 is 10.0 Å². The van der Waals surface area contributed by atoms with Crippen LogP contribution in [0.15, 0.2) is 48.5 Å². The van der Waals surface area contributed by atoms with Crippen molar-refractivity contribution in [2.24, 2.45) is 0 Å². The number of carbonyl (C=O) groups is 1. The molecule has 2 aliphatic heterocycles. The van der Waals surface area contributed by atoms with E-state index in [4.69, 9.17) is 9.47 Å². The third-order valence-corrected chi connectivity index (χ3v) is 6.96. The molecule has 154 valence electrons. The minimum Gasteiger partial charge on any atom is -0.490 e. The number of amides is 1. The standard InChI is InChI=1S/C21H24N2O5S/c24-21(19-6-1-2-7-20(19)28-15-18-5-3-13-27-18)22-16-8-10-17(11-9-16)23-12-4-14-29(23,25)26/h1-2,6-11,18H,3-5,12-15H2,(H,22,24). The number of hydrogen-bond donors (Lipinski definition) is 1. The lowest BCUT2D eigenvalue weighted by molar-refractivity contribution is 0.0673. The zero-order chi connectivity index (χ0) is 20.3. The van der Waals surface area contributed by atoms with E-state index in [1.165, 1.54) is 4.31 Å². The van der Waals surface area contributed by atoms with Gasteiger partial charge in [-0.1, -0.05) is 12.1 Å². The van der Waals surface area contributed by atoms with Crippen LogP contribution in [-0.4, -0.2) is 45.9 Å². The summed E-state index contributed by atoms with van der Waals surface area (Å²) < 4.78 is 36.9. The Kier molecular flexibility index (Phi) is 5.73. The quantitative estimate of drug-likeness (QED) is 0.782. The van der Waals surface area contributed by atoms with Gasteiger partial charge in [-0.2, -0.15) is 0 Å². The van der Waals surface area contributed by atoms with E-state index in [0.29, 0.717) is 42.3 Å². The summed E-state index contributed by atoms with van der Waals surface area (Å²) in [6.07, 6.45) is 2.70. The second-order valence-electron chi connectivity index (χ2n) is 7.18. The van der Waals surface area contributed by atoms with Crippen molar-refractivity contribution in [3.8, 4) is 5.75 Å². The molecule has 1 amide bonds. The van der Waals surface area contributed by atoms with Gasteiger partial charge < -0.3 is 14.8 Å². The molecule has 0 aliphatic carbocycles.